The van der Waals surface area contributed by atoms with Crippen LogP contribution in [0.3, 0.4) is 0 Å². The van der Waals surface area contributed by atoms with E-state index in [9.17, 15) is 0 Å². The summed E-state index contributed by atoms with van der Waals surface area (Å²) in [5, 5.41) is 0.591. The van der Waals surface area contributed by atoms with Crippen molar-refractivity contribution in [1.29, 1.82) is 0 Å². The fourth-order valence-electron chi connectivity index (χ4n) is 2.15. The lowest BCUT2D eigenvalue weighted by atomic mass is 10.2. The molecule has 0 spiro atoms. The van der Waals surface area contributed by atoms with Gasteiger partial charge in [-0.25, -0.2) is 0 Å². The molecule has 0 radical (unpaired) electrons. The van der Waals surface area contributed by atoms with Crippen molar-refractivity contribution in [2.45, 2.75) is 6.92 Å². The minimum Gasteiger partial charge on any atom is -0.453 e. The second-order valence-electron chi connectivity index (χ2n) is 5.07. The molecular formula is C19H14BrClO2. The number of halogens is 2. The number of ether oxygens (including phenoxy) is 2. The van der Waals surface area contributed by atoms with E-state index >= 15 is 0 Å². The van der Waals surface area contributed by atoms with Gasteiger partial charge in [0, 0.05) is 15.6 Å². The van der Waals surface area contributed by atoms with Gasteiger partial charge in [0.05, 0.1) is 0 Å². The van der Waals surface area contributed by atoms with Crippen LogP contribution in [-0.4, -0.2) is 0 Å². The lowest BCUT2D eigenvalue weighted by Crippen LogP contribution is -1.91. The predicted octanol–water partition coefficient (Wildman–Crippen LogP) is 7.00. The largest absolute Gasteiger partial charge is 0.453 e. The molecule has 2 nitrogen and oxygen atoms in total. The van der Waals surface area contributed by atoms with Gasteiger partial charge in [-0.15, -0.1) is 0 Å². The number of para-hydroxylation sites is 1. The van der Waals surface area contributed by atoms with Crippen LogP contribution in [0, 0.1) is 6.92 Å². The number of hydrogen-bond acceptors (Lipinski definition) is 2. The molecule has 0 heterocycles. The third kappa shape index (κ3) is 4.27. The van der Waals surface area contributed by atoms with Crippen LogP contribution in [0.1, 0.15) is 5.56 Å². The SMILES string of the molecule is Cc1cc(Br)cc(Oc2ccc(Cl)cc2Oc2ccccc2)c1. The van der Waals surface area contributed by atoms with Crippen molar-refractivity contribution in [3.63, 3.8) is 0 Å². The van der Waals surface area contributed by atoms with E-state index in [-0.39, 0.29) is 0 Å². The smallest absolute Gasteiger partial charge is 0.171 e. The first-order valence-electron chi connectivity index (χ1n) is 7.08. The Kier molecular flexibility index (Phi) is 4.89. The summed E-state index contributed by atoms with van der Waals surface area (Å²) in [4.78, 5) is 0. The average molecular weight is 390 g/mol. The Morgan fingerprint density at radius 3 is 2.26 bits per heavy atom. The summed E-state index contributed by atoms with van der Waals surface area (Å²) in [6.45, 7) is 2.01. The van der Waals surface area contributed by atoms with Crippen molar-refractivity contribution >= 4 is 27.5 Å². The van der Waals surface area contributed by atoms with Crippen LogP contribution in [0.15, 0.2) is 71.2 Å². The van der Waals surface area contributed by atoms with Gasteiger partial charge in [0.15, 0.2) is 11.5 Å². The topological polar surface area (TPSA) is 18.5 Å². The number of hydrogen-bond donors (Lipinski definition) is 0. The molecule has 0 saturated heterocycles. The van der Waals surface area contributed by atoms with E-state index in [0.717, 1.165) is 21.5 Å². The van der Waals surface area contributed by atoms with Crippen LogP contribution < -0.4 is 9.47 Å². The number of benzene rings is 3. The molecule has 0 aromatic heterocycles. The highest BCUT2D eigenvalue weighted by Crippen LogP contribution is 2.37. The normalized spacial score (nSPS) is 10.4. The van der Waals surface area contributed by atoms with E-state index in [4.69, 9.17) is 21.1 Å². The van der Waals surface area contributed by atoms with Crippen LogP contribution in [0.2, 0.25) is 5.02 Å². The summed E-state index contributed by atoms with van der Waals surface area (Å²) in [6, 6.07) is 20.8. The third-order valence-corrected chi connectivity index (χ3v) is 3.81. The van der Waals surface area contributed by atoms with Crippen LogP contribution in [0.5, 0.6) is 23.0 Å². The van der Waals surface area contributed by atoms with E-state index in [1.165, 1.54) is 0 Å². The minimum atomic E-state index is 0.571. The van der Waals surface area contributed by atoms with Gasteiger partial charge in [-0.3, -0.25) is 0 Å². The highest BCUT2D eigenvalue weighted by molar-refractivity contribution is 9.10. The summed E-state index contributed by atoms with van der Waals surface area (Å²) >= 11 is 9.57. The molecule has 0 amide bonds. The molecule has 0 N–H and O–H groups in total. The van der Waals surface area contributed by atoms with E-state index in [2.05, 4.69) is 15.9 Å². The molecule has 0 aliphatic heterocycles. The Balaban J connectivity index is 1.92. The summed E-state index contributed by atoms with van der Waals surface area (Å²) in [6.07, 6.45) is 0. The lowest BCUT2D eigenvalue weighted by Gasteiger charge is -2.13. The van der Waals surface area contributed by atoms with Gasteiger partial charge >= 0.3 is 0 Å². The first-order chi connectivity index (χ1) is 11.1. The van der Waals surface area contributed by atoms with Crippen LogP contribution in [0.25, 0.3) is 0 Å². The maximum Gasteiger partial charge on any atom is 0.171 e. The van der Waals surface area contributed by atoms with Gasteiger partial charge in [0.1, 0.15) is 11.5 Å². The third-order valence-electron chi connectivity index (χ3n) is 3.12. The average Bonchev–Trinajstić information content (AvgIpc) is 2.50. The van der Waals surface area contributed by atoms with Gasteiger partial charge in [0.25, 0.3) is 0 Å². The van der Waals surface area contributed by atoms with Gasteiger partial charge in [-0.05, 0) is 55.0 Å². The molecule has 0 saturated carbocycles. The second-order valence-corrected chi connectivity index (χ2v) is 6.42. The molecule has 23 heavy (non-hydrogen) atoms. The quantitative estimate of drug-likeness (QED) is 0.478. The van der Waals surface area contributed by atoms with E-state index < -0.39 is 0 Å². The fraction of sp³-hybridized carbons (Fsp3) is 0.0526. The number of rotatable bonds is 4. The Morgan fingerprint density at radius 2 is 1.52 bits per heavy atom. The molecule has 0 unspecified atom stereocenters. The minimum absolute atomic E-state index is 0.571. The molecular weight excluding hydrogens is 376 g/mol. The zero-order valence-corrected chi connectivity index (χ0v) is 14.8. The summed E-state index contributed by atoms with van der Waals surface area (Å²) in [5.74, 6) is 2.64. The second kappa shape index (κ2) is 7.07. The van der Waals surface area contributed by atoms with Gasteiger partial charge in [0.2, 0.25) is 0 Å². The first kappa shape index (κ1) is 15.9. The van der Waals surface area contributed by atoms with E-state index in [1.807, 2.05) is 55.5 Å². The summed E-state index contributed by atoms with van der Waals surface area (Å²) in [7, 11) is 0. The van der Waals surface area contributed by atoms with Crippen molar-refractivity contribution in [1.82, 2.24) is 0 Å². The maximum absolute atomic E-state index is 6.09. The molecule has 4 heteroatoms. The standard InChI is InChI=1S/C19H14BrClO2/c1-13-9-14(20)11-17(10-13)23-18-8-7-15(21)12-19(18)22-16-5-3-2-4-6-16/h2-12H,1H3. The summed E-state index contributed by atoms with van der Waals surface area (Å²) in [5.41, 5.74) is 1.11. The van der Waals surface area contributed by atoms with Crippen molar-refractivity contribution in [2.24, 2.45) is 0 Å². The fourth-order valence-corrected chi connectivity index (χ4v) is 2.90. The summed E-state index contributed by atoms with van der Waals surface area (Å²) < 4.78 is 12.9. The van der Waals surface area contributed by atoms with E-state index in [0.29, 0.717) is 16.5 Å². The molecule has 0 aliphatic carbocycles. The Labute approximate surface area is 148 Å². The van der Waals surface area contributed by atoms with Gasteiger partial charge < -0.3 is 9.47 Å². The Hall–Kier alpha value is -1.97. The monoisotopic (exact) mass is 388 g/mol. The molecule has 116 valence electrons. The van der Waals surface area contributed by atoms with E-state index in [1.54, 1.807) is 18.2 Å². The molecule has 0 bridgehead atoms. The predicted molar refractivity (Wildman–Crippen MR) is 96.9 cm³/mol. The van der Waals surface area contributed by atoms with Gasteiger partial charge in [-0.1, -0.05) is 45.7 Å². The molecule has 0 atom stereocenters. The zero-order valence-electron chi connectivity index (χ0n) is 12.4. The molecule has 3 rings (SSSR count). The highest BCUT2D eigenvalue weighted by atomic mass is 79.9. The van der Waals surface area contributed by atoms with Crippen molar-refractivity contribution in [3.05, 3.63) is 81.8 Å². The van der Waals surface area contributed by atoms with Gasteiger partial charge in [-0.2, -0.15) is 0 Å². The first-order valence-corrected chi connectivity index (χ1v) is 8.25. The number of aryl methyl sites for hydroxylation is 1. The maximum atomic E-state index is 6.09. The zero-order chi connectivity index (χ0) is 16.2. The van der Waals surface area contributed by atoms with Crippen molar-refractivity contribution in [2.75, 3.05) is 0 Å². The molecule has 3 aromatic rings. The van der Waals surface area contributed by atoms with Crippen LogP contribution >= 0.6 is 27.5 Å². The molecule has 0 fully saturated rings. The van der Waals surface area contributed by atoms with Crippen LogP contribution in [-0.2, 0) is 0 Å². The van der Waals surface area contributed by atoms with Crippen molar-refractivity contribution in [3.8, 4) is 23.0 Å². The van der Waals surface area contributed by atoms with Crippen molar-refractivity contribution < 1.29 is 9.47 Å². The highest BCUT2D eigenvalue weighted by Gasteiger charge is 2.09. The van der Waals surface area contributed by atoms with Crippen LogP contribution in [0.4, 0.5) is 0 Å². The Morgan fingerprint density at radius 1 is 0.783 bits per heavy atom. The Bertz CT molecular complexity index is 799. The molecule has 3 aromatic carbocycles. The lowest BCUT2D eigenvalue weighted by molar-refractivity contribution is 0.418. The molecule has 0 aliphatic rings.